The van der Waals surface area contributed by atoms with E-state index >= 15 is 0 Å². The summed E-state index contributed by atoms with van der Waals surface area (Å²) in [5.74, 6) is 0.512. The second-order valence-corrected chi connectivity index (χ2v) is 4.56. The summed E-state index contributed by atoms with van der Waals surface area (Å²) in [7, 11) is 0. The number of benzene rings is 1. The van der Waals surface area contributed by atoms with E-state index in [9.17, 15) is 9.90 Å². The van der Waals surface area contributed by atoms with E-state index in [0.29, 0.717) is 24.6 Å². The van der Waals surface area contributed by atoms with Gasteiger partial charge in [-0.1, -0.05) is 13.3 Å². The first-order chi connectivity index (χ1) is 8.58. The minimum absolute atomic E-state index is 0.0945. The highest BCUT2D eigenvalue weighted by atomic mass is 16.3. The number of carbonyl (C=O) groups excluding carboxylic acids is 1. The summed E-state index contributed by atoms with van der Waals surface area (Å²) in [5, 5.41) is 12.2. The average Bonchev–Trinajstić information content (AvgIpc) is 2.34. The number of phenolic OH excluding ortho intramolecular Hbond substituents is 1. The van der Waals surface area contributed by atoms with Gasteiger partial charge < -0.3 is 16.2 Å². The highest BCUT2D eigenvalue weighted by Crippen LogP contribution is 2.15. The number of rotatable bonds is 6. The van der Waals surface area contributed by atoms with Crippen molar-refractivity contribution in [1.82, 2.24) is 5.32 Å². The van der Waals surface area contributed by atoms with Crippen LogP contribution in [0.4, 0.5) is 0 Å². The zero-order valence-corrected chi connectivity index (χ0v) is 11.1. The fourth-order valence-corrected chi connectivity index (χ4v) is 1.92. The van der Waals surface area contributed by atoms with Gasteiger partial charge in [-0.2, -0.15) is 0 Å². The lowest BCUT2D eigenvalue weighted by molar-refractivity contribution is 0.0945. The van der Waals surface area contributed by atoms with Gasteiger partial charge in [0.15, 0.2) is 0 Å². The molecule has 18 heavy (non-hydrogen) atoms. The van der Waals surface area contributed by atoms with Crippen LogP contribution >= 0.6 is 0 Å². The van der Waals surface area contributed by atoms with E-state index in [4.69, 9.17) is 5.73 Å². The number of carbonyl (C=O) groups is 1. The van der Waals surface area contributed by atoms with Crippen LogP contribution in [0.15, 0.2) is 18.2 Å². The van der Waals surface area contributed by atoms with Crippen molar-refractivity contribution in [3.8, 4) is 5.75 Å². The van der Waals surface area contributed by atoms with Gasteiger partial charge in [0.1, 0.15) is 5.75 Å². The molecular weight excluding hydrogens is 228 g/mol. The minimum Gasteiger partial charge on any atom is -0.508 e. The van der Waals surface area contributed by atoms with Gasteiger partial charge in [-0.25, -0.2) is 0 Å². The Morgan fingerprint density at radius 1 is 1.50 bits per heavy atom. The van der Waals surface area contributed by atoms with E-state index in [1.54, 1.807) is 12.1 Å². The van der Waals surface area contributed by atoms with E-state index in [2.05, 4.69) is 12.2 Å². The molecule has 4 nitrogen and oxygen atoms in total. The average molecular weight is 250 g/mol. The molecule has 0 radical (unpaired) electrons. The van der Waals surface area contributed by atoms with E-state index in [-0.39, 0.29) is 11.7 Å². The Hall–Kier alpha value is -1.55. The lowest BCUT2D eigenvalue weighted by atomic mass is 10.0. The van der Waals surface area contributed by atoms with Gasteiger partial charge >= 0.3 is 0 Å². The van der Waals surface area contributed by atoms with Crippen molar-refractivity contribution in [3.05, 3.63) is 29.3 Å². The Bertz CT molecular complexity index is 405. The lowest BCUT2D eigenvalue weighted by Crippen LogP contribution is -2.30. The van der Waals surface area contributed by atoms with E-state index in [0.717, 1.165) is 18.4 Å². The van der Waals surface area contributed by atoms with E-state index < -0.39 is 0 Å². The molecule has 0 bridgehead atoms. The first-order valence-electron chi connectivity index (χ1n) is 6.36. The predicted octanol–water partition coefficient (Wildman–Crippen LogP) is 1.81. The number of amides is 1. The molecule has 0 aromatic heterocycles. The van der Waals surface area contributed by atoms with Crippen LogP contribution in [0.2, 0.25) is 0 Å². The fraction of sp³-hybridized carbons (Fsp3) is 0.500. The maximum atomic E-state index is 12.0. The zero-order chi connectivity index (χ0) is 13.5. The predicted molar refractivity (Wildman–Crippen MR) is 72.6 cm³/mol. The molecule has 4 N–H and O–H groups in total. The Kier molecular flexibility index (Phi) is 5.65. The molecule has 0 spiro atoms. The summed E-state index contributed by atoms with van der Waals surface area (Å²) in [6.45, 7) is 5.20. The summed E-state index contributed by atoms with van der Waals surface area (Å²) >= 11 is 0. The number of aryl methyl sites for hydroxylation is 1. The van der Waals surface area contributed by atoms with Crippen molar-refractivity contribution in [2.45, 2.75) is 26.7 Å². The second-order valence-electron chi connectivity index (χ2n) is 4.56. The van der Waals surface area contributed by atoms with Crippen molar-refractivity contribution in [2.75, 3.05) is 13.1 Å². The van der Waals surface area contributed by atoms with Crippen molar-refractivity contribution < 1.29 is 9.90 Å². The Morgan fingerprint density at radius 2 is 2.22 bits per heavy atom. The molecule has 4 heteroatoms. The van der Waals surface area contributed by atoms with Crippen molar-refractivity contribution >= 4 is 5.91 Å². The summed E-state index contributed by atoms with van der Waals surface area (Å²) in [5.41, 5.74) is 6.91. The van der Waals surface area contributed by atoms with Gasteiger partial charge in [-0.3, -0.25) is 4.79 Å². The van der Waals surface area contributed by atoms with E-state index in [1.807, 2.05) is 6.92 Å². The second kappa shape index (κ2) is 7.01. The first kappa shape index (κ1) is 14.5. The Morgan fingerprint density at radius 3 is 2.78 bits per heavy atom. The molecule has 0 saturated carbocycles. The maximum absolute atomic E-state index is 12.0. The number of nitrogens with one attached hydrogen (secondary N) is 1. The fourth-order valence-electron chi connectivity index (χ4n) is 1.92. The summed E-state index contributed by atoms with van der Waals surface area (Å²) in [6, 6.07) is 4.76. The van der Waals surface area contributed by atoms with Crippen LogP contribution in [0.5, 0.6) is 5.75 Å². The van der Waals surface area contributed by atoms with Gasteiger partial charge in [-0.15, -0.1) is 0 Å². The smallest absolute Gasteiger partial charge is 0.251 e. The standard InChI is InChI=1S/C14H22N2O2/c1-3-11(6-7-15)9-16-14(18)13-5-4-12(17)8-10(13)2/h4-5,8,11,17H,3,6-7,9,15H2,1-2H3,(H,16,18). The van der Waals surface area contributed by atoms with Gasteiger partial charge in [0.2, 0.25) is 0 Å². The van der Waals surface area contributed by atoms with Crippen LogP contribution < -0.4 is 11.1 Å². The molecule has 1 aromatic rings. The number of phenols is 1. The van der Waals surface area contributed by atoms with Crippen molar-refractivity contribution in [2.24, 2.45) is 11.7 Å². The first-order valence-corrected chi connectivity index (χ1v) is 6.36. The van der Waals surface area contributed by atoms with Crippen LogP contribution in [-0.2, 0) is 0 Å². The number of aromatic hydroxyl groups is 1. The topological polar surface area (TPSA) is 75.3 Å². The van der Waals surface area contributed by atoms with Gasteiger partial charge in [0.25, 0.3) is 5.91 Å². The normalized spacial score (nSPS) is 12.2. The Balaban J connectivity index is 2.59. The van der Waals surface area contributed by atoms with Crippen molar-refractivity contribution in [1.29, 1.82) is 0 Å². The number of hydrogen-bond donors (Lipinski definition) is 3. The molecule has 1 aromatic carbocycles. The van der Waals surface area contributed by atoms with E-state index in [1.165, 1.54) is 6.07 Å². The molecule has 0 heterocycles. The number of hydrogen-bond acceptors (Lipinski definition) is 3. The molecule has 1 unspecified atom stereocenters. The maximum Gasteiger partial charge on any atom is 0.251 e. The third-order valence-electron chi connectivity index (χ3n) is 3.16. The molecule has 0 aliphatic carbocycles. The highest BCUT2D eigenvalue weighted by Gasteiger charge is 2.11. The van der Waals surface area contributed by atoms with Crippen LogP contribution in [0.1, 0.15) is 35.7 Å². The molecule has 1 atom stereocenters. The molecule has 0 fully saturated rings. The third-order valence-corrected chi connectivity index (χ3v) is 3.16. The van der Waals surface area contributed by atoms with Crippen LogP contribution in [0.3, 0.4) is 0 Å². The molecular formula is C14H22N2O2. The highest BCUT2D eigenvalue weighted by molar-refractivity contribution is 5.95. The SMILES string of the molecule is CCC(CCN)CNC(=O)c1ccc(O)cc1C. The molecule has 1 amide bonds. The summed E-state index contributed by atoms with van der Waals surface area (Å²) in [4.78, 5) is 12.0. The molecule has 0 aliphatic heterocycles. The monoisotopic (exact) mass is 250 g/mol. The van der Waals surface area contributed by atoms with Crippen molar-refractivity contribution in [3.63, 3.8) is 0 Å². The minimum atomic E-state index is -0.0945. The molecule has 0 saturated heterocycles. The van der Waals surface area contributed by atoms with Gasteiger partial charge in [0.05, 0.1) is 0 Å². The zero-order valence-electron chi connectivity index (χ0n) is 11.1. The van der Waals surface area contributed by atoms with Crippen LogP contribution in [-0.4, -0.2) is 24.1 Å². The summed E-state index contributed by atoms with van der Waals surface area (Å²) in [6.07, 6.45) is 1.93. The Labute approximate surface area is 108 Å². The van der Waals surface area contributed by atoms with Gasteiger partial charge in [0, 0.05) is 12.1 Å². The third kappa shape index (κ3) is 4.04. The van der Waals surface area contributed by atoms with Gasteiger partial charge in [-0.05, 0) is 49.6 Å². The molecule has 100 valence electrons. The van der Waals surface area contributed by atoms with Crippen LogP contribution in [0, 0.1) is 12.8 Å². The molecule has 1 rings (SSSR count). The van der Waals surface area contributed by atoms with Crippen LogP contribution in [0.25, 0.3) is 0 Å². The lowest BCUT2D eigenvalue weighted by Gasteiger charge is -2.15. The largest absolute Gasteiger partial charge is 0.508 e. The summed E-state index contributed by atoms with van der Waals surface area (Å²) < 4.78 is 0. The number of nitrogens with two attached hydrogens (primary N) is 1. The molecule has 0 aliphatic rings. The quantitative estimate of drug-likeness (QED) is 0.720.